The van der Waals surface area contributed by atoms with Crippen LogP contribution in [0.1, 0.15) is 20.7 Å². The zero-order valence-electron chi connectivity index (χ0n) is 14.1. The number of aromatic nitrogens is 1. The Morgan fingerprint density at radius 1 is 0.962 bits per heavy atom. The highest BCUT2D eigenvalue weighted by molar-refractivity contribution is 6.08. The number of methoxy groups -OCH3 is 3. The van der Waals surface area contributed by atoms with Crippen LogP contribution in [0.25, 0.3) is 11.1 Å². The molecule has 10 nitrogen and oxygen atoms in total. The maximum Gasteiger partial charge on any atom is 0.342 e. The average molecular weight is 364 g/mol. The Labute approximate surface area is 146 Å². The monoisotopic (exact) mass is 364 g/mol. The molecule has 0 amide bonds. The smallest absolute Gasteiger partial charge is 0.342 e. The molecule has 0 aliphatic heterocycles. The first kappa shape index (κ1) is 18.6. The lowest BCUT2D eigenvalue weighted by Gasteiger charge is -2.18. The third kappa shape index (κ3) is 2.88. The summed E-state index contributed by atoms with van der Waals surface area (Å²) in [5.74, 6) is -3.28. The molecule has 0 atom stereocenters. The van der Waals surface area contributed by atoms with Crippen molar-refractivity contribution in [2.45, 2.75) is 0 Å². The topological polar surface area (TPSA) is 161 Å². The van der Waals surface area contributed by atoms with E-state index in [1.807, 2.05) is 4.98 Å². The van der Waals surface area contributed by atoms with Gasteiger partial charge in [-0.3, -0.25) is 4.79 Å². The molecular formula is C16H16N2O8. The molecule has 1 aromatic carbocycles. The lowest BCUT2D eigenvalue weighted by molar-refractivity contribution is 0.0695. The van der Waals surface area contributed by atoms with Crippen LogP contribution in [0.4, 0.5) is 5.82 Å². The molecule has 0 spiro atoms. The lowest BCUT2D eigenvalue weighted by Crippen LogP contribution is -2.24. The maximum absolute atomic E-state index is 12.1. The summed E-state index contributed by atoms with van der Waals surface area (Å²) >= 11 is 0. The van der Waals surface area contributed by atoms with E-state index in [1.54, 1.807) is 0 Å². The van der Waals surface area contributed by atoms with Gasteiger partial charge in [-0.15, -0.1) is 0 Å². The fraction of sp³-hybridized carbons (Fsp3) is 0.188. The highest BCUT2D eigenvalue weighted by atomic mass is 16.5. The Morgan fingerprint density at radius 3 is 2.00 bits per heavy atom. The second kappa shape index (κ2) is 7.05. The molecule has 138 valence electrons. The van der Waals surface area contributed by atoms with E-state index in [2.05, 4.69) is 0 Å². The van der Waals surface area contributed by atoms with Crippen molar-refractivity contribution in [2.24, 2.45) is 0 Å². The summed E-state index contributed by atoms with van der Waals surface area (Å²) in [6, 6.07) is 2.78. The minimum atomic E-state index is -1.62. The number of pyridine rings is 1. The number of rotatable bonds is 6. The number of aromatic carboxylic acids is 2. The molecule has 0 radical (unpaired) electrons. The van der Waals surface area contributed by atoms with Crippen molar-refractivity contribution in [3.05, 3.63) is 33.6 Å². The molecule has 0 aliphatic rings. The predicted molar refractivity (Wildman–Crippen MR) is 90.5 cm³/mol. The first-order chi connectivity index (χ1) is 12.3. The molecule has 0 aliphatic carbocycles. The van der Waals surface area contributed by atoms with E-state index in [0.717, 1.165) is 0 Å². The standard InChI is InChI=1S/C16H16N2O8/c1-24-7-5-4-6(11(25-2)12(7)26-3)8-9(15(20)21)13(17)18-14(19)10(8)16(22)23/h4-5H,1-3H3,(H,20,21)(H,22,23)(H3,17,18,19). The van der Waals surface area contributed by atoms with Crippen LogP contribution in [-0.2, 0) is 0 Å². The summed E-state index contributed by atoms with van der Waals surface area (Å²) in [7, 11) is 3.98. The molecule has 26 heavy (non-hydrogen) atoms. The SMILES string of the molecule is COc1ccc(-c2c(C(=O)O)c(N)[nH]c(=O)c2C(=O)O)c(OC)c1OC. The van der Waals surface area contributed by atoms with E-state index in [0.29, 0.717) is 0 Å². The number of nitrogens with one attached hydrogen (secondary N) is 1. The Hall–Kier alpha value is -3.69. The van der Waals surface area contributed by atoms with Crippen LogP contribution >= 0.6 is 0 Å². The number of carboxylic acid groups (broad SMARTS) is 2. The van der Waals surface area contributed by atoms with Crippen molar-refractivity contribution in [1.29, 1.82) is 0 Å². The van der Waals surface area contributed by atoms with Crippen LogP contribution < -0.4 is 25.5 Å². The Morgan fingerprint density at radius 2 is 1.54 bits per heavy atom. The molecule has 0 unspecified atom stereocenters. The van der Waals surface area contributed by atoms with Crippen molar-refractivity contribution in [3.63, 3.8) is 0 Å². The number of hydrogen-bond donors (Lipinski definition) is 4. The molecule has 2 aromatic rings. The Balaban J connectivity index is 3.08. The highest BCUT2D eigenvalue weighted by Gasteiger charge is 2.30. The van der Waals surface area contributed by atoms with Crippen molar-refractivity contribution >= 4 is 17.8 Å². The number of nitrogens with two attached hydrogens (primary N) is 1. The van der Waals surface area contributed by atoms with Gasteiger partial charge in [0.25, 0.3) is 5.56 Å². The van der Waals surface area contributed by atoms with Gasteiger partial charge in [-0.05, 0) is 12.1 Å². The highest BCUT2D eigenvalue weighted by Crippen LogP contribution is 2.46. The number of H-pyrrole nitrogens is 1. The zero-order chi connectivity index (χ0) is 19.6. The molecule has 1 heterocycles. The maximum atomic E-state index is 12.1. The third-order valence-corrected chi connectivity index (χ3v) is 3.65. The lowest BCUT2D eigenvalue weighted by atomic mass is 9.94. The minimum absolute atomic E-state index is 0.00208. The van der Waals surface area contributed by atoms with Crippen LogP contribution in [0.15, 0.2) is 16.9 Å². The molecule has 0 fully saturated rings. The van der Waals surface area contributed by atoms with E-state index in [4.69, 9.17) is 19.9 Å². The van der Waals surface area contributed by atoms with E-state index in [9.17, 15) is 24.6 Å². The second-order valence-corrected chi connectivity index (χ2v) is 4.98. The predicted octanol–water partition coefficient (Wildman–Crippen LogP) is 1.05. The van der Waals surface area contributed by atoms with Crippen LogP contribution in [0.2, 0.25) is 0 Å². The fourth-order valence-corrected chi connectivity index (χ4v) is 2.61. The first-order valence-corrected chi connectivity index (χ1v) is 7.10. The van der Waals surface area contributed by atoms with E-state index < -0.39 is 40.0 Å². The van der Waals surface area contributed by atoms with Gasteiger partial charge in [0.05, 0.1) is 21.3 Å². The fourth-order valence-electron chi connectivity index (χ4n) is 2.61. The summed E-state index contributed by atoms with van der Waals surface area (Å²) in [4.78, 5) is 37.5. The Kier molecular flexibility index (Phi) is 5.06. The quantitative estimate of drug-likeness (QED) is 0.587. The van der Waals surface area contributed by atoms with Crippen LogP contribution in [0, 0.1) is 0 Å². The number of anilines is 1. The number of benzene rings is 1. The molecule has 5 N–H and O–H groups in total. The molecule has 2 rings (SSSR count). The van der Waals surface area contributed by atoms with E-state index >= 15 is 0 Å². The van der Waals surface area contributed by atoms with Gasteiger partial charge in [0.15, 0.2) is 11.5 Å². The number of aromatic amines is 1. The van der Waals surface area contributed by atoms with Crippen LogP contribution in [0.3, 0.4) is 0 Å². The normalized spacial score (nSPS) is 10.3. The van der Waals surface area contributed by atoms with Gasteiger partial charge in [0.1, 0.15) is 16.9 Å². The number of hydrogen-bond acceptors (Lipinski definition) is 7. The second-order valence-electron chi connectivity index (χ2n) is 4.98. The molecule has 10 heteroatoms. The zero-order valence-corrected chi connectivity index (χ0v) is 14.1. The largest absolute Gasteiger partial charge is 0.493 e. The Bertz CT molecular complexity index is 948. The molecule has 0 bridgehead atoms. The van der Waals surface area contributed by atoms with Gasteiger partial charge in [0.2, 0.25) is 5.75 Å². The summed E-state index contributed by atoms with van der Waals surface area (Å²) in [6.45, 7) is 0. The summed E-state index contributed by atoms with van der Waals surface area (Å²) in [6.07, 6.45) is 0. The number of ether oxygens (including phenoxy) is 3. The minimum Gasteiger partial charge on any atom is -0.493 e. The summed E-state index contributed by atoms with van der Waals surface area (Å²) in [5, 5.41) is 18.9. The van der Waals surface area contributed by atoms with E-state index in [-0.39, 0.29) is 22.8 Å². The van der Waals surface area contributed by atoms with Crippen molar-refractivity contribution < 1.29 is 34.0 Å². The van der Waals surface area contributed by atoms with Crippen molar-refractivity contribution in [3.8, 4) is 28.4 Å². The number of nitrogen functional groups attached to an aromatic ring is 1. The molecule has 0 saturated carbocycles. The van der Waals surface area contributed by atoms with Crippen molar-refractivity contribution in [1.82, 2.24) is 4.98 Å². The molecular weight excluding hydrogens is 348 g/mol. The van der Waals surface area contributed by atoms with Crippen LogP contribution in [-0.4, -0.2) is 48.5 Å². The van der Waals surface area contributed by atoms with E-state index in [1.165, 1.54) is 33.5 Å². The third-order valence-electron chi connectivity index (χ3n) is 3.65. The van der Waals surface area contributed by atoms with Gasteiger partial charge < -0.3 is 35.1 Å². The first-order valence-electron chi connectivity index (χ1n) is 7.10. The number of carbonyl (C=O) groups is 2. The van der Waals surface area contributed by atoms with Gasteiger partial charge in [-0.2, -0.15) is 0 Å². The van der Waals surface area contributed by atoms with Crippen molar-refractivity contribution in [2.75, 3.05) is 27.1 Å². The van der Waals surface area contributed by atoms with Crippen LogP contribution in [0.5, 0.6) is 17.2 Å². The molecule has 1 aromatic heterocycles. The van der Waals surface area contributed by atoms with Gasteiger partial charge in [0, 0.05) is 11.1 Å². The summed E-state index contributed by atoms with van der Waals surface area (Å²) in [5.41, 5.74) is 2.81. The summed E-state index contributed by atoms with van der Waals surface area (Å²) < 4.78 is 15.6. The van der Waals surface area contributed by atoms with Gasteiger partial charge >= 0.3 is 11.9 Å². The van der Waals surface area contributed by atoms with Gasteiger partial charge in [-0.1, -0.05) is 0 Å². The number of carboxylic acids is 2. The average Bonchev–Trinajstić information content (AvgIpc) is 2.58. The van der Waals surface area contributed by atoms with Gasteiger partial charge in [-0.25, -0.2) is 9.59 Å². The molecule has 0 saturated heterocycles.